The monoisotopic (exact) mass is 276 g/mol. The summed E-state index contributed by atoms with van der Waals surface area (Å²) in [6, 6.07) is 7.68. The lowest BCUT2D eigenvalue weighted by atomic mass is 9.83. The van der Waals surface area contributed by atoms with Crippen LogP contribution in [0.15, 0.2) is 24.3 Å². The van der Waals surface area contributed by atoms with Crippen molar-refractivity contribution < 1.29 is 9.53 Å². The molecule has 0 heterocycles. The standard InChI is InChI=1S/C16H24N2O2/c1-12-5-7-13(8-6-12)10-18-14-3-2-4-15(9-14)20-11-16(17)19/h2-4,9,12-13,18H,5-8,10-11H2,1H3,(H2,17,19). The Kier molecular flexibility index (Phi) is 5.27. The van der Waals surface area contributed by atoms with Crippen molar-refractivity contribution in [1.82, 2.24) is 0 Å². The Labute approximate surface area is 120 Å². The van der Waals surface area contributed by atoms with Gasteiger partial charge in [0.1, 0.15) is 5.75 Å². The summed E-state index contributed by atoms with van der Waals surface area (Å²) in [5.74, 6) is 1.86. The SMILES string of the molecule is CC1CCC(CNc2cccc(OCC(N)=O)c2)CC1. The summed E-state index contributed by atoms with van der Waals surface area (Å²) in [6.07, 6.45) is 5.31. The number of amides is 1. The minimum Gasteiger partial charge on any atom is -0.484 e. The van der Waals surface area contributed by atoms with Gasteiger partial charge in [-0.15, -0.1) is 0 Å². The Balaban J connectivity index is 1.80. The van der Waals surface area contributed by atoms with E-state index in [-0.39, 0.29) is 6.61 Å². The first-order chi connectivity index (χ1) is 9.63. The molecule has 2 rings (SSSR count). The van der Waals surface area contributed by atoms with Crippen molar-refractivity contribution in [2.45, 2.75) is 32.6 Å². The Morgan fingerprint density at radius 2 is 2.10 bits per heavy atom. The predicted octanol–water partition coefficient (Wildman–Crippen LogP) is 2.79. The minimum atomic E-state index is -0.459. The molecular weight excluding hydrogens is 252 g/mol. The first-order valence-electron chi connectivity index (χ1n) is 7.38. The van der Waals surface area contributed by atoms with Gasteiger partial charge in [0.05, 0.1) is 0 Å². The van der Waals surface area contributed by atoms with Gasteiger partial charge in [0.25, 0.3) is 5.91 Å². The molecular formula is C16H24N2O2. The smallest absolute Gasteiger partial charge is 0.255 e. The van der Waals surface area contributed by atoms with Crippen molar-refractivity contribution in [1.29, 1.82) is 0 Å². The topological polar surface area (TPSA) is 64.3 Å². The van der Waals surface area contributed by atoms with Crippen molar-refractivity contribution in [3.05, 3.63) is 24.3 Å². The maximum atomic E-state index is 10.7. The first kappa shape index (κ1) is 14.7. The van der Waals surface area contributed by atoms with Gasteiger partial charge in [0.2, 0.25) is 0 Å². The second kappa shape index (κ2) is 7.17. The molecule has 4 nitrogen and oxygen atoms in total. The normalized spacial score (nSPS) is 22.2. The molecule has 0 radical (unpaired) electrons. The van der Waals surface area contributed by atoms with Gasteiger partial charge in [-0.3, -0.25) is 4.79 Å². The maximum absolute atomic E-state index is 10.7. The van der Waals surface area contributed by atoms with Crippen LogP contribution in [-0.4, -0.2) is 19.1 Å². The summed E-state index contributed by atoms with van der Waals surface area (Å²) in [5.41, 5.74) is 6.10. The number of carbonyl (C=O) groups is 1. The van der Waals surface area contributed by atoms with Crippen molar-refractivity contribution in [3.8, 4) is 5.75 Å². The Hall–Kier alpha value is -1.71. The fourth-order valence-corrected chi connectivity index (χ4v) is 2.65. The van der Waals surface area contributed by atoms with E-state index >= 15 is 0 Å². The third kappa shape index (κ3) is 4.76. The summed E-state index contributed by atoms with van der Waals surface area (Å²) in [6.45, 7) is 3.26. The van der Waals surface area contributed by atoms with Crippen LogP contribution in [0.5, 0.6) is 5.75 Å². The quantitative estimate of drug-likeness (QED) is 0.839. The third-order valence-corrected chi connectivity index (χ3v) is 3.95. The van der Waals surface area contributed by atoms with E-state index in [0.717, 1.165) is 24.1 Å². The van der Waals surface area contributed by atoms with Crippen LogP contribution in [0.25, 0.3) is 0 Å². The minimum absolute atomic E-state index is 0.0794. The molecule has 1 aromatic rings. The average Bonchev–Trinajstić information content (AvgIpc) is 2.45. The number of ether oxygens (including phenoxy) is 1. The Morgan fingerprint density at radius 1 is 1.35 bits per heavy atom. The van der Waals surface area contributed by atoms with Crippen LogP contribution in [0, 0.1) is 11.8 Å². The zero-order chi connectivity index (χ0) is 14.4. The molecule has 0 bridgehead atoms. The molecule has 3 N–H and O–H groups in total. The second-order valence-electron chi connectivity index (χ2n) is 5.79. The van der Waals surface area contributed by atoms with Gasteiger partial charge in [-0.2, -0.15) is 0 Å². The lowest BCUT2D eigenvalue weighted by molar-refractivity contribution is -0.119. The highest BCUT2D eigenvalue weighted by molar-refractivity contribution is 5.75. The Morgan fingerprint density at radius 3 is 2.80 bits per heavy atom. The summed E-state index contributed by atoms with van der Waals surface area (Å²) in [5, 5.41) is 3.46. The van der Waals surface area contributed by atoms with E-state index < -0.39 is 5.91 Å². The highest BCUT2D eigenvalue weighted by Gasteiger charge is 2.17. The van der Waals surface area contributed by atoms with Crippen molar-refractivity contribution in [3.63, 3.8) is 0 Å². The summed E-state index contributed by atoms with van der Waals surface area (Å²) in [7, 11) is 0. The molecule has 0 atom stereocenters. The molecule has 1 aliphatic rings. The van der Waals surface area contributed by atoms with Crippen LogP contribution in [0.1, 0.15) is 32.6 Å². The fourth-order valence-electron chi connectivity index (χ4n) is 2.65. The van der Waals surface area contributed by atoms with Gasteiger partial charge in [0, 0.05) is 18.3 Å². The fraction of sp³-hybridized carbons (Fsp3) is 0.562. The largest absolute Gasteiger partial charge is 0.484 e. The second-order valence-corrected chi connectivity index (χ2v) is 5.79. The molecule has 1 aliphatic carbocycles. The predicted molar refractivity (Wildman–Crippen MR) is 80.7 cm³/mol. The van der Waals surface area contributed by atoms with Gasteiger partial charge in [-0.25, -0.2) is 0 Å². The number of benzene rings is 1. The molecule has 1 aromatic carbocycles. The zero-order valence-corrected chi connectivity index (χ0v) is 12.1. The van der Waals surface area contributed by atoms with Gasteiger partial charge in [-0.1, -0.05) is 25.8 Å². The maximum Gasteiger partial charge on any atom is 0.255 e. The summed E-state index contributed by atoms with van der Waals surface area (Å²) >= 11 is 0. The number of nitrogens with two attached hydrogens (primary N) is 1. The molecule has 1 amide bonds. The van der Waals surface area contributed by atoms with E-state index in [1.54, 1.807) is 0 Å². The number of rotatable bonds is 6. The van der Waals surface area contributed by atoms with Gasteiger partial charge in [0.15, 0.2) is 6.61 Å². The van der Waals surface area contributed by atoms with Crippen LogP contribution >= 0.6 is 0 Å². The number of hydrogen-bond acceptors (Lipinski definition) is 3. The highest BCUT2D eigenvalue weighted by atomic mass is 16.5. The molecule has 0 spiro atoms. The molecule has 0 unspecified atom stereocenters. The zero-order valence-electron chi connectivity index (χ0n) is 12.1. The summed E-state index contributed by atoms with van der Waals surface area (Å²) in [4.78, 5) is 10.7. The van der Waals surface area contributed by atoms with Gasteiger partial charge >= 0.3 is 0 Å². The van der Waals surface area contributed by atoms with Crippen LogP contribution in [0.2, 0.25) is 0 Å². The number of primary amides is 1. The molecule has 1 fully saturated rings. The first-order valence-corrected chi connectivity index (χ1v) is 7.38. The van der Waals surface area contributed by atoms with Gasteiger partial charge in [-0.05, 0) is 36.8 Å². The van der Waals surface area contributed by atoms with E-state index in [1.807, 2.05) is 24.3 Å². The van der Waals surface area contributed by atoms with Crippen LogP contribution in [0.4, 0.5) is 5.69 Å². The van der Waals surface area contributed by atoms with Crippen molar-refractivity contribution in [2.75, 3.05) is 18.5 Å². The number of hydrogen-bond donors (Lipinski definition) is 2. The van der Waals surface area contributed by atoms with Crippen LogP contribution in [-0.2, 0) is 4.79 Å². The highest BCUT2D eigenvalue weighted by Crippen LogP contribution is 2.28. The molecule has 0 aromatic heterocycles. The molecule has 0 saturated heterocycles. The van der Waals surface area contributed by atoms with Crippen LogP contribution in [0.3, 0.4) is 0 Å². The Bertz CT molecular complexity index is 440. The van der Waals surface area contributed by atoms with E-state index in [0.29, 0.717) is 5.75 Å². The third-order valence-electron chi connectivity index (χ3n) is 3.95. The lowest BCUT2D eigenvalue weighted by Gasteiger charge is -2.26. The van der Waals surface area contributed by atoms with E-state index in [1.165, 1.54) is 25.7 Å². The summed E-state index contributed by atoms with van der Waals surface area (Å²) < 4.78 is 5.30. The van der Waals surface area contributed by atoms with E-state index in [4.69, 9.17) is 10.5 Å². The number of anilines is 1. The molecule has 110 valence electrons. The van der Waals surface area contributed by atoms with E-state index in [9.17, 15) is 4.79 Å². The molecule has 0 aliphatic heterocycles. The molecule has 1 saturated carbocycles. The van der Waals surface area contributed by atoms with Crippen molar-refractivity contribution in [2.24, 2.45) is 17.6 Å². The van der Waals surface area contributed by atoms with E-state index in [2.05, 4.69) is 12.2 Å². The van der Waals surface area contributed by atoms with Gasteiger partial charge < -0.3 is 15.8 Å². The molecule has 4 heteroatoms. The average molecular weight is 276 g/mol. The van der Waals surface area contributed by atoms with Crippen molar-refractivity contribution >= 4 is 11.6 Å². The lowest BCUT2D eigenvalue weighted by Crippen LogP contribution is -2.20. The van der Waals surface area contributed by atoms with Crippen LogP contribution < -0.4 is 15.8 Å². The number of carbonyl (C=O) groups excluding carboxylic acids is 1. The number of nitrogens with one attached hydrogen (secondary N) is 1. The molecule has 20 heavy (non-hydrogen) atoms.